The fraction of sp³-hybridized carbons (Fsp3) is 0.0556. The normalized spacial score (nSPS) is 10.6. The Bertz CT molecular complexity index is 1040. The number of para-hydroxylation sites is 1. The van der Waals surface area contributed by atoms with Gasteiger partial charge in [0, 0.05) is 17.5 Å². The van der Waals surface area contributed by atoms with Gasteiger partial charge in [0.25, 0.3) is 5.91 Å². The SMILES string of the molecule is NC(=O)c1oc2ccccc2c1NC(=O)C(=O)NCc1c(F)cccc1F. The maximum atomic E-state index is 13.6. The number of fused-ring (bicyclic) bond motifs is 1. The summed E-state index contributed by atoms with van der Waals surface area (Å²) >= 11 is 0. The van der Waals surface area contributed by atoms with Crippen molar-refractivity contribution in [3.8, 4) is 0 Å². The molecule has 0 aliphatic rings. The highest BCUT2D eigenvalue weighted by Gasteiger charge is 2.23. The summed E-state index contributed by atoms with van der Waals surface area (Å²) in [6.45, 7) is -0.528. The molecule has 0 aliphatic carbocycles. The Labute approximate surface area is 151 Å². The van der Waals surface area contributed by atoms with Gasteiger partial charge >= 0.3 is 11.8 Å². The van der Waals surface area contributed by atoms with Crippen LogP contribution in [0.1, 0.15) is 16.1 Å². The summed E-state index contributed by atoms with van der Waals surface area (Å²) in [4.78, 5) is 35.6. The van der Waals surface area contributed by atoms with E-state index in [9.17, 15) is 23.2 Å². The number of carbonyl (C=O) groups excluding carboxylic acids is 3. The fourth-order valence-electron chi connectivity index (χ4n) is 2.46. The van der Waals surface area contributed by atoms with Crippen molar-refractivity contribution in [3.05, 3.63) is 65.4 Å². The summed E-state index contributed by atoms with van der Waals surface area (Å²) in [5.74, 6) is -5.27. The van der Waals surface area contributed by atoms with Gasteiger partial charge < -0.3 is 20.8 Å². The fourth-order valence-corrected chi connectivity index (χ4v) is 2.46. The van der Waals surface area contributed by atoms with Crippen LogP contribution in [0.15, 0.2) is 46.9 Å². The van der Waals surface area contributed by atoms with Crippen molar-refractivity contribution in [1.29, 1.82) is 0 Å². The first kappa shape index (κ1) is 18.1. The monoisotopic (exact) mass is 373 g/mol. The predicted molar refractivity (Wildman–Crippen MR) is 91.6 cm³/mol. The molecule has 3 amide bonds. The molecule has 138 valence electrons. The van der Waals surface area contributed by atoms with Crippen molar-refractivity contribution in [2.24, 2.45) is 5.73 Å². The number of nitrogens with one attached hydrogen (secondary N) is 2. The average Bonchev–Trinajstić information content (AvgIpc) is 3.00. The molecule has 27 heavy (non-hydrogen) atoms. The Morgan fingerprint density at radius 2 is 1.63 bits per heavy atom. The number of primary amides is 1. The number of carbonyl (C=O) groups is 3. The van der Waals surface area contributed by atoms with Crippen LogP contribution in [0.4, 0.5) is 14.5 Å². The summed E-state index contributed by atoms with van der Waals surface area (Å²) in [6, 6.07) is 9.64. The van der Waals surface area contributed by atoms with Crippen LogP contribution >= 0.6 is 0 Å². The number of benzene rings is 2. The third kappa shape index (κ3) is 3.61. The van der Waals surface area contributed by atoms with E-state index in [1.165, 1.54) is 6.07 Å². The first-order valence-electron chi connectivity index (χ1n) is 7.72. The topological polar surface area (TPSA) is 114 Å². The van der Waals surface area contributed by atoms with Crippen LogP contribution in [0.25, 0.3) is 11.0 Å². The first-order valence-corrected chi connectivity index (χ1v) is 7.72. The van der Waals surface area contributed by atoms with Crippen LogP contribution in [-0.4, -0.2) is 17.7 Å². The molecule has 0 aliphatic heterocycles. The van der Waals surface area contributed by atoms with Crippen LogP contribution in [0.2, 0.25) is 0 Å². The van der Waals surface area contributed by atoms with Gasteiger partial charge in [0.2, 0.25) is 5.76 Å². The molecule has 0 unspecified atom stereocenters. The van der Waals surface area contributed by atoms with E-state index >= 15 is 0 Å². The number of amides is 3. The van der Waals surface area contributed by atoms with E-state index in [0.717, 1.165) is 12.1 Å². The van der Waals surface area contributed by atoms with Gasteiger partial charge in [0.15, 0.2) is 0 Å². The molecule has 0 saturated heterocycles. The van der Waals surface area contributed by atoms with E-state index in [4.69, 9.17) is 10.2 Å². The first-order chi connectivity index (χ1) is 12.9. The smallest absolute Gasteiger partial charge is 0.313 e. The molecule has 7 nitrogen and oxygen atoms in total. The van der Waals surface area contributed by atoms with E-state index < -0.39 is 35.9 Å². The molecule has 0 spiro atoms. The largest absolute Gasteiger partial charge is 0.449 e. The van der Waals surface area contributed by atoms with Gasteiger partial charge in [-0.3, -0.25) is 14.4 Å². The van der Waals surface area contributed by atoms with Crippen LogP contribution in [0.5, 0.6) is 0 Å². The second-order valence-corrected chi connectivity index (χ2v) is 5.50. The van der Waals surface area contributed by atoms with Crippen molar-refractivity contribution in [2.45, 2.75) is 6.54 Å². The van der Waals surface area contributed by atoms with Crippen molar-refractivity contribution in [3.63, 3.8) is 0 Å². The summed E-state index contributed by atoms with van der Waals surface area (Å²) in [5.41, 5.74) is 5.07. The third-order valence-corrected chi connectivity index (χ3v) is 3.75. The minimum Gasteiger partial charge on any atom is -0.449 e. The Morgan fingerprint density at radius 1 is 0.963 bits per heavy atom. The molecule has 0 bridgehead atoms. The lowest BCUT2D eigenvalue weighted by Crippen LogP contribution is -2.35. The highest BCUT2D eigenvalue weighted by molar-refractivity contribution is 6.40. The van der Waals surface area contributed by atoms with E-state index in [1.807, 2.05) is 0 Å². The van der Waals surface area contributed by atoms with E-state index in [2.05, 4.69) is 10.6 Å². The zero-order valence-electron chi connectivity index (χ0n) is 13.7. The molecule has 9 heteroatoms. The Morgan fingerprint density at radius 3 is 2.30 bits per heavy atom. The number of rotatable bonds is 4. The zero-order chi connectivity index (χ0) is 19.6. The molecular formula is C18H13F2N3O4. The van der Waals surface area contributed by atoms with Gasteiger partial charge in [0.1, 0.15) is 22.9 Å². The molecule has 1 heterocycles. The van der Waals surface area contributed by atoms with Gasteiger partial charge in [-0.05, 0) is 24.3 Å². The molecule has 4 N–H and O–H groups in total. The minimum absolute atomic E-state index is 0.0599. The summed E-state index contributed by atoms with van der Waals surface area (Å²) < 4.78 is 32.4. The molecule has 0 saturated carbocycles. The summed E-state index contributed by atoms with van der Waals surface area (Å²) in [5, 5.41) is 4.73. The molecule has 1 aromatic heterocycles. The number of hydrogen-bond acceptors (Lipinski definition) is 4. The molecule has 3 rings (SSSR count). The van der Waals surface area contributed by atoms with Gasteiger partial charge in [-0.15, -0.1) is 0 Å². The van der Waals surface area contributed by atoms with Gasteiger partial charge in [-0.1, -0.05) is 18.2 Å². The Balaban J connectivity index is 1.77. The van der Waals surface area contributed by atoms with Crippen molar-refractivity contribution in [2.75, 3.05) is 5.32 Å². The van der Waals surface area contributed by atoms with Crippen molar-refractivity contribution in [1.82, 2.24) is 5.32 Å². The third-order valence-electron chi connectivity index (χ3n) is 3.75. The Hall–Kier alpha value is -3.75. The van der Waals surface area contributed by atoms with E-state index in [-0.39, 0.29) is 22.6 Å². The number of furan rings is 1. The van der Waals surface area contributed by atoms with Gasteiger partial charge in [-0.25, -0.2) is 8.78 Å². The second kappa shape index (κ2) is 7.24. The lowest BCUT2D eigenvalue weighted by molar-refractivity contribution is -0.136. The van der Waals surface area contributed by atoms with Gasteiger partial charge in [0.05, 0.1) is 0 Å². The molecule has 0 fully saturated rings. The highest BCUT2D eigenvalue weighted by atomic mass is 19.1. The second-order valence-electron chi connectivity index (χ2n) is 5.50. The quantitative estimate of drug-likeness (QED) is 0.607. The number of anilines is 1. The van der Waals surface area contributed by atoms with E-state index in [0.29, 0.717) is 5.39 Å². The summed E-state index contributed by atoms with van der Waals surface area (Å²) in [6.07, 6.45) is 0. The lowest BCUT2D eigenvalue weighted by Gasteiger charge is -2.08. The standard InChI is InChI=1S/C18H13F2N3O4/c19-11-5-3-6-12(20)10(11)8-22-17(25)18(26)23-14-9-4-1-2-7-13(9)27-15(14)16(21)24/h1-7H,8H2,(H2,21,24)(H,22,25)(H,23,26). The number of nitrogens with two attached hydrogens (primary N) is 1. The molecule has 3 aromatic rings. The van der Waals surface area contributed by atoms with Crippen molar-refractivity contribution >= 4 is 34.4 Å². The molecule has 0 atom stereocenters. The maximum Gasteiger partial charge on any atom is 0.313 e. The number of hydrogen-bond donors (Lipinski definition) is 3. The van der Waals surface area contributed by atoms with E-state index in [1.54, 1.807) is 24.3 Å². The van der Waals surface area contributed by atoms with Gasteiger partial charge in [-0.2, -0.15) is 0 Å². The molecule has 0 radical (unpaired) electrons. The maximum absolute atomic E-state index is 13.6. The zero-order valence-corrected chi connectivity index (χ0v) is 13.7. The summed E-state index contributed by atoms with van der Waals surface area (Å²) in [7, 11) is 0. The Kier molecular flexibility index (Phi) is 4.84. The van der Waals surface area contributed by atoms with Crippen LogP contribution in [-0.2, 0) is 16.1 Å². The lowest BCUT2D eigenvalue weighted by atomic mass is 10.2. The van der Waals surface area contributed by atoms with Crippen LogP contribution < -0.4 is 16.4 Å². The molecular weight excluding hydrogens is 360 g/mol. The number of halogens is 2. The van der Waals surface area contributed by atoms with Crippen LogP contribution in [0, 0.1) is 11.6 Å². The highest BCUT2D eigenvalue weighted by Crippen LogP contribution is 2.30. The predicted octanol–water partition coefficient (Wildman–Crippen LogP) is 2.06. The van der Waals surface area contributed by atoms with Crippen LogP contribution in [0.3, 0.4) is 0 Å². The van der Waals surface area contributed by atoms with Crippen molar-refractivity contribution < 1.29 is 27.6 Å². The molecule has 2 aromatic carbocycles. The average molecular weight is 373 g/mol. The minimum atomic E-state index is -1.15.